The maximum Gasteiger partial charge on any atom is 0.122 e. The zero-order valence-electron chi connectivity index (χ0n) is 21.3. The first-order valence-corrected chi connectivity index (χ1v) is 13.1. The van der Waals surface area contributed by atoms with Gasteiger partial charge in [0.15, 0.2) is 0 Å². The minimum Gasteiger partial charge on any atom is -0.358 e. The highest BCUT2D eigenvalue weighted by atomic mass is 15.4. The largest absolute Gasteiger partial charge is 0.358 e. The fourth-order valence-electron chi connectivity index (χ4n) is 6.41. The maximum absolute atomic E-state index is 2.72. The molecule has 2 aromatic carbocycles. The molecule has 176 valence electrons. The third-order valence-electron chi connectivity index (χ3n) is 8.18. The van der Waals surface area contributed by atoms with Gasteiger partial charge < -0.3 is 9.80 Å². The van der Waals surface area contributed by atoms with Crippen LogP contribution in [0.3, 0.4) is 0 Å². The molecule has 0 N–H and O–H groups in total. The third-order valence-corrected chi connectivity index (χ3v) is 8.18. The minimum atomic E-state index is 0.428. The van der Waals surface area contributed by atoms with Crippen molar-refractivity contribution in [2.45, 2.75) is 77.8 Å². The Morgan fingerprint density at radius 3 is 2.15 bits per heavy atom. The normalized spacial score (nSPS) is 18.7. The first kappa shape index (κ1) is 21.6. The van der Waals surface area contributed by atoms with E-state index < -0.39 is 0 Å². The van der Waals surface area contributed by atoms with Crippen molar-refractivity contribution < 1.29 is 0 Å². The van der Waals surface area contributed by atoms with Crippen molar-refractivity contribution in [2.24, 2.45) is 0 Å². The highest BCUT2D eigenvalue weighted by Gasteiger charge is 2.41. The molecule has 0 bridgehead atoms. The lowest BCUT2D eigenvalue weighted by Gasteiger charge is -2.30. The van der Waals surface area contributed by atoms with E-state index in [4.69, 9.17) is 0 Å². The molecule has 2 aliphatic heterocycles. The summed E-state index contributed by atoms with van der Waals surface area (Å²) >= 11 is 0. The molecule has 34 heavy (non-hydrogen) atoms. The Kier molecular flexibility index (Phi) is 5.13. The van der Waals surface area contributed by atoms with Gasteiger partial charge in [-0.2, -0.15) is 0 Å². The van der Waals surface area contributed by atoms with Crippen LogP contribution in [0, 0.1) is 0 Å². The minimum absolute atomic E-state index is 0.428. The van der Waals surface area contributed by atoms with Crippen LogP contribution in [-0.4, -0.2) is 22.7 Å². The summed E-state index contributed by atoms with van der Waals surface area (Å²) in [6, 6.07) is 15.8. The number of nitrogens with zero attached hydrogens (tertiary/aromatic N) is 3. The van der Waals surface area contributed by atoms with E-state index in [9.17, 15) is 0 Å². The molecule has 3 heterocycles. The Balaban J connectivity index is 1.65. The second kappa shape index (κ2) is 8.08. The number of fused-ring (bicyclic) bond motifs is 5. The molecular formula is C31H37N3. The van der Waals surface area contributed by atoms with Crippen LogP contribution < -0.4 is 4.90 Å². The van der Waals surface area contributed by atoms with Gasteiger partial charge in [-0.25, -0.2) is 0 Å². The summed E-state index contributed by atoms with van der Waals surface area (Å²) in [6.45, 7) is 9.45. The van der Waals surface area contributed by atoms with Gasteiger partial charge in [-0.1, -0.05) is 58.0 Å². The molecule has 0 saturated heterocycles. The molecule has 1 aliphatic carbocycles. The van der Waals surface area contributed by atoms with E-state index in [-0.39, 0.29) is 0 Å². The second-order valence-corrected chi connectivity index (χ2v) is 11.0. The van der Waals surface area contributed by atoms with Crippen LogP contribution in [0.5, 0.6) is 0 Å². The number of likely N-dealkylation sites (N-methyl/N-ethyl adjacent to an activating group) is 1. The molecule has 0 amide bonds. The van der Waals surface area contributed by atoms with Crippen molar-refractivity contribution in [3.8, 4) is 16.8 Å². The molecule has 1 unspecified atom stereocenters. The number of hydrogen-bond donors (Lipinski definition) is 0. The van der Waals surface area contributed by atoms with Crippen LogP contribution in [0.1, 0.15) is 80.3 Å². The predicted octanol–water partition coefficient (Wildman–Crippen LogP) is 7.38. The summed E-state index contributed by atoms with van der Waals surface area (Å²) in [5.74, 6) is 2.33. The van der Waals surface area contributed by atoms with Crippen molar-refractivity contribution in [3.05, 3.63) is 82.8 Å². The van der Waals surface area contributed by atoms with E-state index in [0.29, 0.717) is 18.0 Å². The lowest BCUT2D eigenvalue weighted by molar-refractivity contribution is 0.366. The highest BCUT2D eigenvalue weighted by molar-refractivity contribution is 5.74. The number of anilines is 1. The van der Waals surface area contributed by atoms with Gasteiger partial charge in [0.2, 0.25) is 0 Å². The van der Waals surface area contributed by atoms with Gasteiger partial charge in [0.1, 0.15) is 12.0 Å². The summed E-state index contributed by atoms with van der Waals surface area (Å²) in [4.78, 5) is 4.93. The molecule has 0 fully saturated rings. The van der Waals surface area contributed by atoms with Crippen LogP contribution >= 0.6 is 0 Å². The molecule has 0 radical (unpaired) electrons. The molecule has 3 aromatic rings. The molecule has 0 spiro atoms. The van der Waals surface area contributed by atoms with Crippen LogP contribution in [-0.2, 0) is 19.3 Å². The second-order valence-electron chi connectivity index (χ2n) is 11.0. The van der Waals surface area contributed by atoms with Crippen LogP contribution in [0.2, 0.25) is 0 Å². The van der Waals surface area contributed by atoms with E-state index in [1.54, 1.807) is 16.8 Å². The monoisotopic (exact) mass is 451 g/mol. The van der Waals surface area contributed by atoms with Crippen LogP contribution in [0.15, 0.2) is 54.9 Å². The van der Waals surface area contributed by atoms with Gasteiger partial charge >= 0.3 is 0 Å². The van der Waals surface area contributed by atoms with Gasteiger partial charge in [-0.05, 0) is 77.5 Å². The van der Waals surface area contributed by atoms with Crippen molar-refractivity contribution in [2.75, 3.05) is 11.9 Å². The van der Waals surface area contributed by atoms with Crippen molar-refractivity contribution in [1.82, 2.24) is 9.47 Å². The first-order chi connectivity index (χ1) is 16.5. The van der Waals surface area contributed by atoms with Crippen molar-refractivity contribution >= 4 is 5.82 Å². The molecule has 3 heteroatoms. The van der Waals surface area contributed by atoms with Crippen LogP contribution in [0.4, 0.5) is 5.82 Å². The number of benzene rings is 2. The summed E-state index contributed by atoms with van der Waals surface area (Å²) in [5.41, 5.74) is 11.9. The Hall–Kier alpha value is -2.94. The maximum atomic E-state index is 2.72. The van der Waals surface area contributed by atoms with E-state index in [1.807, 2.05) is 0 Å². The summed E-state index contributed by atoms with van der Waals surface area (Å²) in [5, 5.41) is 0. The highest BCUT2D eigenvalue weighted by Crippen LogP contribution is 2.48. The van der Waals surface area contributed by atoms with Gasteiger partial charge in [-0.3, -0.25) is 4.57 Å². The Morgan fingerprint density at radius 2 is 1.47 bits per heavy atom. The van der Waals surface area contributed by atoms with Crippen molar-refractivity contribution in [1.29, 1.82) is 0 Å². The molecule has 1 atom stereocenters. The average molecular weight is 452 g/mol. The summed E-state index contributed by atoms with van der Waals surface area (Å²) in [6.07, 6.45) is 11.1. The standard InChI is InChI=1S/C31H37N3/c1-20(2)25-17-23(22-11-7-6-8-12-22)18-26(21(3)4)30(25)34-28-14-10-9-13-24(28)27-19-29-32(5)15-16-33(29)31(27)34/h6-8,11-12,15-18,20-21,29H,9-10,13-14,19H2,1-5H3. The van der Waals surface area contributed by atoms with Gasteiger partial charge in [0, 0.05) is 37.1 Å². The fourth-order valence-corrected chi connectivity index (χ4v) is 6.41. The predicted molar refractivity (Wildman–Crippen MR) is 143 cm³/mol. The SMILES string of the molecule is CC(C)c1cc(-c2ccccc2)cc(C(C)C)c1-n1c2c(c3c1N1C=CN(C)C1C3)CCCC2. The summed E-state index contributed by atoms with van der Waals surface area (Å²) < 4.78 is 2.72. The van der Waals surface area contributed by atoms with Crippen LogP contribution in [0.25, 0.3) is 16.8 Å². The number of hydrogen-bond acceptors (Lipinski definition) is 2. The number of aromatic nitrogens is 1. The van der Waals surface area contributed by atoms with Crippen molar-refractivity contribution in [3.63, 3.8) is 0 Å². The average Bonchev–Trinajstić information content (AvgIpc) is 3.49. The molecule has 3 nitrogen and oxygen atoms in total. The third kappa shape index (κ3) is 3.16. The van der Waals surface area contributed by atoms with E-state index >= 15 is 0 Å². The Bertz CT molecular complexity index is 1230. The summed E-state index contributed by atoms with van der Waals surface area (Å²) in [7, 11) is 2.22. The smallest absolute Gasteiger partial charge is 0.122 e. The fraction of sp³-hybridized carbons (Fsp3) is 0.419. The molecule has 3 aliphatic rings. The molecule has 1 aromatic heterocycles. The lowest BCUT2D eigenvalue weighted by Crippen LogP contribution is -2.35. The number of rotatable bonds is 4. The molecule has 0 saturated carbocycles. The van der Waals surface area contributed by atoms with E-state index in [0.717, 1.165) is 6.42 Å². The van der Waals surface area contributed by atoms with E-state index in [1.165, 1.54) is 59.4 Å². The lowest BCUT2D eigenvalue weighted by atomic mass is 9.87. The zero-order chi connectivity index (χ0) is 23.6. The quantitative estimate of drug-likeness (QED) is 0.410. The Morgan fingerprint density at radius 1 is 0.794 bits per heavy atom. The molecule has 6 rings (SSSR count). The zero-order valence-corrected chi connectivity index (χ0v) is 21.3. The van der Waals surface area contributed by atoms with Gasteiger partial charge in [0.25, 0.3) is 0 Å². The Labute approximate surface area is 204 Å². The van der Waals surface area contributed by atoms with E-state index in [2.05, 4.69) is 104 Å². The topological polar surface area (TPSA) is 11.4 Å². The molecular weight excluding hydrogens is 414 g/mol. The first-order valence-electron chi connectivity index (χ1n) is 13.1. The van der Waals surface area contributed by atoms with Gasteiger partial charge in [-0.15, -0.1) is 0 Å². The van der Waals surface area contributed by atoms with Gasteiger partial charge in [0.05, 0.1) is 5.69 Å².